The number of nitrogens with zero attached hydrogens (tertiary/aromatic N) is 1. The maximum absolute atomic E-state index is 11.0. The largest absolute Gasteiger partial charge is 0.477 e. The van der Waals surface area contributed by atoms with Crippen LogP contribution in [-0.4, -0.2) is 21.0 Å². The van der Waals surface area contributed by atoms with Gasteiger partial charge in [0, 0.05) is 23.5 Å². The molecule has 0 unspecified atom stereocenters. The van der Waals surface area contributed by atoms with Gasteiger partial charge >= 0.3 is 5.97 Å². The molecule has 0 aliphatic rings. The van der Waals surface area contributed by atoms with Gasteiger partial charge in [0.05, 0.1) is 5.69 Å². The maximum Gasteiger partial charge on any atom is 0.352 e. The average molecular weight is 278 g/mol. The van der Waals surface area contributed by atoms with E-state index in [2.05, 4.69) is 9.97 Å². The summed E-state index contributed by atoms with van der Waals surface area (Å²) in [6.07, 6.45) is 3.52. The van der Waals surface area contributed by atoms with Gasteiger partial charge in [-0.2, -0.15) is 0 Å². The number of aromatic nitrogens is 2. The summed E-state index contributed by atoms with van der Waals surface area (Å²) < 4.78 is 0. The van der Waals surface area contributed by atoms with Gasteiger partial charge in [0.15, 0.2) is 0 Å². The Morgan fingerprint density at radius 2 is 1.90 bits per heavy atom. The Morgan fingerprint density at radius 1 is 1.14 bits per heavy atom. The van der Waals surface area contributed by atoms with Crippen molar-refractivity contribution in [1.82, 2.24) is 9.97 Å². The van der Waals surface area contributed by atoms with Crippen LogP contribution < -0.4 is 0 Å². The first-order valence-corrected chi connectivity index (χ1v) is 6.59. The highest BCUT2D eigenvalue weighted by molar-refractivity contribution is 5.88. The molecule has 0 amide bonds. The van der Waals surface area contributed by atoms with Crippen LogP contribution in [0.2, 0.25) is 0 Å². The Labute approximate surface area is 122 Å². The van der Waals surface area contributed by atoms with Crippen molar-refractivity contribution in [2.24, 2.45) is 0 Å². The molecule has 0 spiro atoms. The van der Waals surface area contributed by atoms with Crippen molar-refractivity contribution < 1.29 is 9.90 Å². The number of aromatic amines is 1. The monoisotopic (exact) mass is 278 g/mol. The van der Waals surface area contributed by atoms with Crippen LogP contribution in [0.3, 0.4) is 0 Å². The van der Waals surface area contributed by atoms with E-state index >= 15 is 0 Å². The second-order valence-corrected chi connectivity index (χ2v) is 4.86. The van der Waals surface area contributed by atoms with Gasteiger partial charge in [0.25, 0.3) is 0 Å². The number of hydrogen-bond donors (Lipinski definition) is 2. The Morgan fingerprint density at radius 3 is 2.57 bits per heavy atom. The number of hydrogen-bond acceptors (Lipinski definition) is 2. The van der Waals surface area contributed by atoms with Crippen LogP contribution in [0.4, 0.5) is 0 Å². The van der Waals surface area contributed by atoms with E-state index < -0.39 is 5.97 Å². The molecule has 0 saturated carbocycles. The number of pyridine rings is 1. The van der Waals surface area contributed by atoms with Crippen molar-refractivity contribution in [3.05, 3.63) is 66.1 Å². The van der Waals surface area contributed by atoms with E-state index in [1.54, 1.807) is 12.3 Å². The second-order valence-electron chi connectivity index (χ2n) is 4.86. The quantitative estimate of drug-likeness (QED) is 0.766. The van der Waals surface area contributed by atoms with Crippen LogP contribution in [-0.2, 0) is 0 Å². The standard InChI is InChI=1S/C17H14N2O2/c1-11-9-18-15(12-5-3-2-4-6-12)8-14(11)13-7-16(17(20)21)19-10-13/h2-10,19H,1H3,(H,20,21). The van der Waals surface area contributed by atoms with Crippen LogP contribution >= 0.6 is 0 Å². The van der Waals surface area contributed by atoms with Gasteiger partial charge in [0.1, 0.15) is 5.69 Å². The summed E-state index contributed by atoms with van der Waals surface area (Å²) in [5.41, 5.74) is 4.92. The Bertz CT molecular complexity index is 792. The summed E-state index contributed by atoms with van der Waals surface area (Å²) in [6, 6.07) is 13.5. The van der Waals surface area contributed by atoms with Crippen LogP contribution in [0.25, 0.3) is 22.4 Å². The first-order chi connectivity index (χ1) is 10.1. The van der Waals surface area contributed by atoms with E-state index in [9.17, 15) is 4.79 Å². The van der Waals surface area contributed by atoms with E-state index in [1.807, 2.05) is 49.5 Å². The molecule has 21 heavy (non-hydrogen) atoms. The molecule has 4 heteroatoms. The molecule has 3 rings (SSSR count). The lowest BCUT2D eigenvalue weighted by molar-refractivity contribution is 0.0691. The van der Waals surface area contributed by atoms with E-state index in [0.717, 1.165) is 27.9 Å². The van der Waals surface area contributed by atoms with Gasteiger partial charge < -0.3 is 10.1 Å². The molecule has 1 aromatic carbocycles. The van der Waals surface area contributed by atoms with Crippen molar-refractivity contribution >= 4 is 5.97 Å². The highest BCUT2D eigenvalue weighted by atomic mass is 16.4. The summed E-state index contributed by atoms with van der Waals surface area (Å²) >= 11 is 0. The molecule has 3 aromatic rings. The molecule has 104 valence electrons. The van der Waals surface area contributed by atoms with Gasteiger partial charge in [0.2, 0.25) is 0 Å². The highest BCUT2D eigenvalue weighted by Gasteiger charge is 2.11. The van der Waals surface area contributed by atoms with Crippen molar-refractivity contribution in [3.63, 3.8) is 0 Å². The molecule has 0 aliphatic carbocycles. The Balaban J connectivity index is 2.07. The van der Waals surface area contributed by atoms with Crippen molar-refractivity contribution in [3.8, 4) is 22.4 Å². The highest BCUT2D eigenvalue weighted by Crippen LogP contribution is 2.28. The minimum absolute atomic E-state index is 0.183. The fourth-order valence-electron chi connectivity index (χ4n) is 2.27. The van der Waals surface area contributed by atoms with Crippen molar-refractivity contribution in [1.29, 1.82) is 0 Å². The zero-order chi connectivity index (χ0) is 14.8. The van der Waals surface area contributed by atoms with E-state index in [1.165, 1.54) is 0 Å². The number of rotatable bonds is 3. The number of carboxylic acid groups (broad SMARTS) is 1. The Hall–Kier alpha value is -2.88. The molecule has 0 aliphatic heterocycles. The maximum atomic E-state index is 11.0. The zero-order valence-corrected chi connectivity index (χ0v) is 11.5. The molecular formula is C17H14N2O2. The fraction of sp³-hybridized carbons (Fsp3) is 0.0588. The third kappa shape index (κ3) is 2.56. The molecule has 0 fully saturated rings. The van der Waals surface area contributed by atoms with E-state index in [0.29, 0.717) is 0 Å². The molecular weight excluding hydrogens is 264 g/mol. The van der Waals surface area contributed by atoms with Crippen LogP contribution in [0.1, 0.15) is 16.1 Å². The van der Waals surface area contributed by atoms with Gasteiger partial charge in [-0.15, -0.1) is 0 Å². The lowest BCUT2D eigenvalue weighted by Crippen LogP contribution is -1.94. The number of nitrogens with one attached hydrogen (secondary N) is 1. The number of carbonyl (C=O) groups is 1. The second kappa shape index (κ2) is 5.25. The molecule has 2 aromatic heterocycles. The number of benzene rings is 1. The smallest absolute Gasteiger partial charge is 0.352 e. The van der Waals surface area contributed by atoms with Gasteiger partial charge in [-0.05, 0) is 30.2 Å². The third-order valence-electron chi connectivity index (χ3n) is 3.40. The van der Waals surface area contributed by atoms with Gasteiger partial charge in [-0.1, -0.05) is 30.3 Å². The van der Waals surface area contributed by atoms with Crippen molar-refractivity contribution in [2.45, 2.75) is 6.92 Å². The minimum Gasteiger partial charge on any atom is -0.477 e. The molecule has 0 radical (unpaired) electrons. The van der Waals surface area contributed by atoms with Crippen LogP contribution in [0, 0.1) is 6.92 Å². The molecule has 4 nitrogen and oxygen atoms in total. The zero-order valence-electron chi connectivity index (χ0n) is 11.5. The summed E-state index contributed by atoms with van der Waals surface area (Å²) in [5, 5.41) is 9.00. The Kier molecular flexibility index (Phi) is 3.28. The topological polar surface area (TPSA) is 66.0 Å². The van der Waals surface area contributed by atoms with Gasteiger partial charge in [-0.3, -0.25) is 4.98 Å². The average Bonchev–Trinajstić information content (AvgIpc) is 2.98. The number of aryl methyl sites for hydroxylation is 1. The lowest BCUT2D eigenvalue weighted by atomic mass is 10.0. The fourth-order valence-corrected chi connectivity index (χ4v) is 2.27. The molecule has 2 N–H and O–H groups in total. The normalized spacial score (nSPS) is 10.5. The van der Waals surface area contributed by atoms with Gasteiger partial charge in [-0.25, -0.2) is 4.79 Å². The van der Waals surface area contributed by atoms with E-state index in [4.69, 9.17) is 5.11 Å². The van der Waals surface area contributed by atoms with Crippen molar-refractivity contribution in [2.75, 3.05) is 0 Å². The molecule has 0 bridgehead atoms. The number of aromatic carboxylic acids is 1. The predicted octanol–water partition coefficient (Wildman–Crippen LogP) is 3.75. The summed E-state index contributed by atoms with van der Waals surface area (Å²) in [6.45, 7) is 1.96. The van der Waals surface area contributed by atoms with E-state index in [-0.39, 0.29) is 5.69 Å². The third-order valence-corrected chi connectivity index (χ3v) is 3.40. The first kappa shape index (κ1) is 13.1. The van der Waals surface area contributed by atoms with Crippen LogP contribution in [0.15, 0.2) is 54.9 Å². The molecule has 2 heterocycles. The summed E-state index contributed by atoms with van der Waals surface area (Å²) in [5.74, 6) is -0.962. The first-order valence-electron chi connectivity index (χ1n) is 6.59. The summed E-state index contributed by atoms with van der Waals surface area (Å²) in [4.78, 5) is 18.2. The minimum atomic E-state index is -0.962. The lowest BCUT2D eigenvalue weighted by Gasteiger charge is -2.07. The van der Waals surface area contributed by atoms with Crippen LogP contribution in [0.5, 0.6) is 0 Å². The number of carboxylic acids is 1. The molecule has 0 saturated heterocycles. The summed E-state index contributed by atoms with van der Waals surface area (Å²) in [7, 11) is 0. The molecule has 0 atom stereocenters. The SMILES string of the molecule is Cc1cnc(-c2ccccc2)cc1-c1c[nH]c(C(=O)O)c1. The predicted molar refractivity (Wildman–Crippen MR) is 81.2 cm³/mol. The number of H-pyrrole nitrogens is 1.